The van der Waals surface area contributed by atoms with Crippen LogP contribution in [0.2, 0.25) is 0 Å². The van der Waals surface area contributed by atoms with Gasteiger partial charge in [-0.05, 0) is 67.5 Å². The Morgan fingerprint density at radius 1 is 1.07 bits per heavy atom. The van der Waals surface area contributed by atoms with Gasteiger partial charge in [0.25, 0.3) is 11.8 Å². The second kappa shape index (κ2) is 13.1. The fourth-order valence-electron chi connectivity index (χ4n) is 5.70. The summed E-state index contributed by atoms with van der Waals surface area (Å²) in [5.41, 5.74) is 2.36. The van der Waals surface area contributed by atoms with Crippen LogP contribution >= 0.6 is 11.3 Å². The minimum absolute atomic E-state index is 0.00497. The Kier molecular flexibility index (Phi) is 8.75. The number of carbonyl (C=O) groups is 4. The van der Waals surface area contributed by atoms with Crippen molar-refractivity contribution in [3.8, 4) is 11.5 Å². The van der Waals surface area contributed by atoms with Crippen LogP contribution in [0.25, 0.3) is 10.1 Å². The molecule has 1 atom stereocenters. The van der Waals surface area contributed by atoms with Crippen LogP contribution in [-0.4, -0.2) is 70.8 Å². The summed E-state index contributed by atoms with van der Waals surface area (Å²) in [6.45, 7) is 0.944. The van der Waals surface area contributed by atoms with Crippen molar-refractivity contribution in [3.63, 3.8) is 0 Å². The molecule has 4 heterocycles. The SMILES string of the molecule is COc1cc2c(cc1OCCCC(=O)Nc1cc(C(=O)Nc3ccc4sc(C(=O)O)cc4c3)n(C)c1)N=C[C@@H]1CCCCN1C2=O. The molecule has 0 radical (unpaired) electrons. The molecule has 13 heteroatoms. The van der Waals surface area contributed by atoms with Crippen molar-refractivity contribution < 1.29 is 33.8 Å². The van der Waals surface area contributed by atoms with Gasteiger partial charge in [-0.1, -0.05) is 0 Å². The van der Waals surface area contributed by atoms with E-state index in [-0.39, 0.29) is 41.7 Å². The molecule has 0 bridgehead atoms. The lowest BCUT2D eigenvalue weighted by molar-refractivity contribution is -0.116. The van der Waals surface area contributed by atoms with Crippen molar-refractivity contribution in [1.82, 2.24) is 9.47 Å². The van der Waals surface area contributed by atoms with Crippen LogP contribution in [-0.2, 0) is 11.8 Å². The van der Waals surface area contributed by atoms with E-state index in [4.69, 9.17) is 9.47 Å². The first-order valence-corrected chi connectivity index (χ1v) is 15.8. The molecule has 1 saturated heterocycles. The molecular weight excluding hydrogens is 610 g/mol. The normalized spacial score (nSPS) is 15.6. The summed E-state index contributed by atoms with van der Waals surface area (Å²) < 4.78 is 13.9. The number of ether oxygens (including phenoxy) is 2. The van der Waals surface area contributed by atoms with Gasteiger partial charge in [-0.25, -0.2) is 4.79 Å². The lowest BCUT2D eigenvalue weighted by atomic mass is 10.0. The third-order valence-corrected chi connectivity index (χ3v) is 9.12. The molecule has 0 saturated carbocycles. The van der Waals surface area contributed by atoms with Crippen molar-refractivity contribution in [1.29, 1.82) is 0 Å². The molecular formula is C33H33N5O7S. The molecule has 2 aromatic carbocycles. The van der Waals surface area contributed by atoms with Gasteiger partial charge in [0, 0.05) is 48.9 Å². The number of carboxylic acids is 1. The number of fused-ring (bicyclic) bond motifs is 3. The maximum atomic E-state index is 13.2. The molecule has 3 N–H and O–H groups in total. The van der Waals surface area contributed by atoms with Gasteiger partial charge in [-0.15, -0.1) is 11.3 Å². The number of amides is 3. The van der Waals surface area contributed by atoms with Crippen molar-refractivity contribution in [2.45, 2.75) is 38.1 Å². The average Bonchev–Trinajstić information content (AvgIpc) is 3.61. The van der Waals surface area contributed by atoms with E-state index in [0.29, 0.717) is 52.8 Å². The Morgan fingerprint density at radius 3 is 2.72 bits per heavy atom. The number of rotatable bonds is 10. The Morgan fingerprint density at radius 2 is 1.91 bits per heavy atom. The Bertz CT molecular complexity index is 1880. The number of thiophene rings is 1. The maximum absolute atomic E-state index is 13.2. The topological polar surface area (TPSA) is 152 Å². The Balaban J connectivity index is 1.02. The summed E-state index contributed by atoms with van der Waals surface area (Å²) in [5.74, 6) is -0.785. The van der Waals surface area contributed by atoms with E-state index in [1.54, 1.807) is 60.3 Å². The number of methoxy groups -OCH3 is 1. The summed E-state index contributed by atoms with van der Waals surface area (Å²) in [7, 11) is 3.22. The minimum atomic E-state index is -0.993. The zero-order chi connectivity index (χ0) is 32.4. The van der Waals surface area contributed by atoms with Gasteiger partial charge in [0.1, 0.15) is 10.6 Å². The number of hydrogen-bond donors (Lipinski definition) is 3. The number of aryl methyl sites for hydroxylation is 1. The van der Waals surface area contributed by atoms with E-state index in [2.05, 4.69) is 15.6 Å². The predicted molar refractivity (Wildman–Crippen MR) is 175 cm³/mol. The zero-order valence-corrected chi connectivity index (χ0v) is 26.2. The molecule has 2 aliphatic heterocycles. The van der Waals surface area contributed by atoms with E-state index in [1.807, 2.05) is 11.1 Å². The highest BCUT2D eigenvalue weighted by molar-refractivity contribution is 7.20. The highest BCUT2D eigenvalue weighted by atomic mass is 32.1. The number of hydrogen-bond acceptors (Lipinski definition) is 8. The van der Waals surface area contributed by atoms with Crippen molar-refractivity contribution in [2.75, 3.05) is 30.9 Å². The first kappa shape index (κ1) is 30.8. The molecule has 6 rings (SSSR count). The molecule has 46 heavy (non-hydrogen) atoms. The molecule has 0 spiro atoms. The van der Waals surface area contributed by atoms with E-state index in [1.165, 1.54) is 18.4 Å². The van der Waals surface area contributed by atoms with Gasteiger partial charge in [0.2, 0.25) is 5.91 Å². The van der Waals surface area contributed by atoms with E-state index in [9.17, 15) is 24.3 Å². The number of carbonyl (C=O) groups excluding carboxylic acids is 3. The Hall–Kier alpha value is -5.17. The van der Waals surface area contributed by atoms with Crippen LogP contribution in [0.4, 0.5) is 17.1 Å². The molecule has 3 amide bonds. The lowest BCUT2D eigenvalue weighted by Crippen LogP contribution is -2.43. The fraction of sp³-hybridized carbons (Fsp3) is 0.303. The second-order valence-corrected chi connectivity index (χ2v) is 12.3. The molecule has 12 nitrogen and oxygen atoms in total. The number of benzene rings is 2. The van der Waals surface area contributed by atoms with Crippen LogP contribution in [0, 0.1) is 0 Å². The predicted octanol–water partition coefficient (Wildman–Crippen LogP) is 5.71. The quantitative estimate of drug-likeness (QED) is 0.187. The number of anilines is 2. The standard InChI is InChI=1S/C33H33N5O7S/c1-37-18-21(14-25(37)31(40)36-20-8-9-28-19(12-20)13-29(46-28)33(42)43)35-30(39)7-5-11-45-27-16-24-23(15-26(27)44-2)32(41)38-10-4-3-6-22(38)17-34-24/h8-9,12-18,22H,3-7,10-11H2,1-2H3,(H,35,39)(H,36,40)(H,42,43)/t22-/m0/s1. The number of aliphatic imine (C=N–C) groups is 1. The molecule has 1 fully saturated rings. The zero-order valence-electron chi connectivity index (χ0n) is 25.4. The van der Waals surface area contributed by atoms with Gasteiger partial charge in [0.05, 0.1) is 36.7 Å². The van der Waals surface area contributed by atoms with Crippen LogP contribution < -0.4 is 20.1 Å². The smallest absolute Gasteiger partial charge is 0.345 e. The fourth-order valence-corrected chi connectivity index (χ4v) is 6.59. The number of nitrogens with zero attached hydrogens (tertiary/aromatic N) is 3. The van der Waals surface area contributed by atoms with Crippen LogP contribution in [0.1, 0.15) is 62.6 Å². The van der Waals surface area contributed by atoms with Gasteiger partial charge >= 0.3 is 5.97 Å². The van der Waals surface area contributed by atoms with Crippen molar-refractivity contribution in [3.05, 3.63) is 64.8 Å². The average molecular weight is 644 g/mol. The van der Waals surface area contributed by atoms with Gasteiger partial charge in [0.15, 0.2) is 11.5 Å². The molecule has 2 aromatic heterocycles. The highest BCUT2D eigenvalue weighted by Crippen LogP contribution is 2.38. The van der Waals surface area contributed by atoms with Crippen LogP contribution in [0.3, 0.4) is 0 Å². The number of nitrogens with one attached hydrogen (secondary N) is 2. The summed E-state index contributed by atoms with van der Waals surface area (Å²) in [6, 6.07) is 11.7. The lowest BCUT2D eigenvalue weighted by Gasteiger charge is -2.32. The van der Waals surface area contributed by atoms with E-state index >= 15 is 0 Å². The van der Waals surface area contributed by atoms with Gasteiger partial charge in [-0.3, -0.25) is 19.4 Å². The summed E-state index contributed by atoms with van der Waals surface area (Å²) in [6.07, 6.45) is 7.02. The van der Waals surface area contributed by atoms with Crippen LogP contribution in [0.5, 0.6) is 11.5 Å². The molecule has 2 aliphatic rings. The van der Waals surface area contributed by atoms with E-state index in [0.717, 1.165) is 29.3 Å². The maximum Gasteiger partial charge on any atom is 0.345 e. The molecule has 238 valence electrons. The number of piperidine rings is 1. The summed E-state index contributed by atoms with van der Waals surface area (Å²) >= 11 is 1.17. The van der Waals surface area contributed by atoms with E-state index < -0.39 is 5.97 Å². The van der Waals surface area contributed by atoms with Gasteiger partial charge < -0.3 is 34.7 Å². The second-order valence-electron chi connectivity index (χ2n) is 11.2. The largest absolute Gasteiger partial charge is 0.493 e. The van der Waals surface area contributed by atoms with Gasteiger partial charge in [-0.2, -0.15) is 0 Å². The monoisotopic (exact) mass is 643 g/mol. The third kappa shape index (κ3) is 6.45. The third-order valence-electron chi connectivity index (χ3n) is 8.02. The molecule has 4 aromatic rings. The van der Waals surface area contributed by atoms with Crippen molar-refractivity contribution >= 4 is 68.4 Å². The Labute approximate surface area is 268 Å². The molecule has 0 aliphatic carbocycles. The number of aromatic carboxylic acids is 1. The first-order valence-electron chi connectivity index (χ1n) is 14.9. The number of carboxylic acid groups (broad SMARTS) is 1. The summed E-state index contributed by atoms with van der Waals surface area (Å²) in [5, 5.41) is 15.6. The van der Waals surface area contributed by atoms with Crippen molar-refractivity contribution in [2.24, 2.45) is 12.0 Å². The number of aromatic nitrogens is 1. The van der Waals surface area contributed by atoms with Crippen LogP contribution in [0.15, 0.2) is 53.7 Å². The highest BCUT2D eigenvalue weighted by Gasteiger charge is 2.31. The minimum Gasteiger partial charge on any atom is -0.493 e. The summed E-state index contributed by atoms with van der Waals surface area (Å²) in [4.78, 5) is 56.8. The first-order chi connectivity index (χ1) is 22.2. The molecule has 0 unspecified atom stereocenters.